The molecule has 0 saturated heterocycles. The maximum absolute atomic E-state index is 14.0. The van der Waals surface area contributed by atoms with Crippen molar-refractivity contribution < 1.29 is 8.81 Å². The van der Waals surface area contributed by atoms with Crippen LogP contribution in [-0.4, -0.2) is 11.5 Å². The van der Waals surface area contributed by atoms with Gasteiger partial charge in [-0.15, -0.1) is 0 Å². The van der Waals surface area contributed by atoms with Gasteiger partial charge in [0.2, 0.25) is 0 Å². The number of halogens is 2. The average molecular weight is 305 g/mol. The third-order valence-electron chi connectivity index (χ3n) is 3.30. The van der Waals surface area contributed by atoms with E-state index in [1.807, 2.05) is 25.1 Å². The molecule has 3 aromatic rings. The van der Waals surface area contributed by atoms with Crippen molar-refractivity contribution >= 4 is 22.6 Å². The highest BCUT2D eigenvalue weighted by atomic mass is 35.5. The highest BCUT2D eigenvalue weighted by Gasteiger charge is 2.21. The van der Waals surface area contributed by atoms with Crippen LogP contribution in [0.1, 0.15) is 24.3 Å². The van der Waals surface area contributed by atoms with Gasteiger partial charge in [-0.25, -0.2) is 4.39 Å². The Bertz CT molecular complexity index is 772. The van der Waals surface area contributed by atoms with E-state index in [1.54, 1.807) is 18.3 Å². The second kappa shape index (κ2) is 5.84. The zero-order valence-corrected chi connectivity index (χ0v) is 12.2. The largest absolute Gasteiger partial charge is 0.459 e. The molecule has 0 aliphatic heterocycles. The summed E-state index contributed by atoms with van der Waals surface area (Å²) in [5, 5.41) is 4.78. The fraction of sp³-hybridized carbons (Fsp3) is 0.188. The number of benzene rings is 1. The van der Waals surface area contributed by atoms with Crippen molar-refractivity contribution in [1.82, 2.24) is 10.3 Å². The van der Waals surface area contributed by atoms with Gasteiger partial charge in [0.15, 0.2) is 0 Å². The first kappa shape index (κ1) is 14.0. The van der Waals surface area contributed by atoms with E-state index < -0.39 is 0 Å². The molecule has 1 atom stereocenters. The van der Waals surface area contributed by atoms with Crippen LogP contribution in [0.5, 0.6) is 0 Å². The Morgan fingerprint density at radius 1 is 1.33 bits per heavy atom. The highest BCUT2D eigenvalue weighted by Crippen LogP contribution is 2.30. The predicted molar refractivity (Wildman–Crippen MR) is 80.9 cm³/mol. The summed E-state index contributed by atoms with van der Waals surface area (Å²) in [6.45, 7) is 2.65. The summed E-state index contributed by atoms with van der Waals surface area (Å²) >= 11 is 5.99. The third kappa shape index (κ3) is 2.77. The Labute approximate surface area is 126 Å². The molecule has 1 unspecified atom stereocenters. The fourth-order valence-electron chi connectivity index (χ4n) is 2.37. The monoisotopic (exact) mass is 304 g/mol. The summed E-state index contributed by atoms with van der Waals surface area (Å²) in [7, 11) is 0. The number of nitrogens with one attached hydrogen (secondary N) is 1. The van der Waals surface area contributed by atoms with Crippen LogP contribution in [0, 0.1) is 5.82 Å². The Morgan fingerprint density at radius 2 is 2.19 bits per heavy atom. The first-order valence-corrected chi connectivity index (χ1v) is 7.08. The van der Waals surface area contributed by atoms with Gasteiger partial charge in [0, 0.05) is 22.2 Å². The Morgan fingerprint density at radius 3 is 2.95 bits per heavy atom. The lowest BCUT2D eigenvalue weighted by Crippen LogP contribution is -2.22. The van der Waals surface area contributed by atoms with Crippen LogP contribution in [0.3, 0.4) is 0 Å². The fourth-order valence-corrected chi connectivity index (χ4v) is 2.55. The van der Waals surface area contributed by atoms with Crippen LogP contribution in [0.25, 0.3) is 11.0 Å². The number of aromatic nitrogens is 1. The molecule has 1 N–H and O–H groups in total. The summed E-state index contributed by atoms with van der Waals surface area (Å²) in [5.41, 5.74) is 1.24. The molecule has 0 bridgehead atoms. The van der Waals surface area contributed by atoms with Crippen molar-refractivity contribution in [3.8, 4) is 0 Å². The van der Waals surface area contributed by atoms with Crippen LogP contribution in [0.2, 0.25) is 5.02 Å². The van der Waals surface area contributed by atoms with Gasteiger partial charge in [-0.3, -0.25) is 4.98 Å². The van der Waals surface area contributed by atoms with Crippen LogP contribution in [0.4, 0.5) is 4.39 Å². The lowest BCUT2D eigenvalue weighted by molar-refractivity contribution is 0.461. The lowest BCUT2D eigenvalue weighted by Gasteiger charge is -2.16. The molecule has 3 nitrogen and oxygen atoms in total. The van der Waals surface area contributed by atoms with Crippen molar-refractivity contribution in [2.24, 2.45) is 0 Å². The summed E-state index contributed by atoms with van der Waals surface area (Å²) in [6.07, 6.45) is 2.78. The molecule has 108 valence electrons. The van der Waals surface area contributed by atoms with E-state index in [0.717, 1.165) is 11.0 Å². The Balaban J connectivity index is 2.09. The lowest BCUT2D eigenvalue weighted by atomic mass is 10.1. The minimum absolute atomic E-state index is 0.357. The third-order valence-corrected chi connectivity index (χ3v) is 3.54. The maximum Gasteiger partial charge on any atom is 0.146 e. The van der Waals surface area contributed by atoms with Gasteiger partial charge in [-0.1, -0.05) is 18.5 Å². The normalized spacial score (nSPS) is 12.7. The average Bonchev–Trinajstić information content (AvgIpc) is 2.88. The second-order valence-corrected chi connectivity index (χ2v) is 5.16. The standard InChI is InChI=1S/C16H14ClFN2O/c1-2-20-16(12-5-6-19-9-13(12)18)15-8-10-7-11(17)3-4-14(10)21-15/h3-9,16,20H,2H2,1H3. The molecular formula is C16H14ClFN2O. The summed E-state index contributed by atoms with van der Waals surface area (Å²) < 4.78 is 19.8. The Hall–Kier alpha value is -1.91. The molecule has 2 heterocycles. The molecule has 0 aliphatic carbocycles. The van der Waals surface area contributed by atoms with E-state index in [4.69, 9.17) is 16.0 Å². The van der Waals surface area contributed by atoms with Crippen molar-refractivity contribution in [1.29, 1.82) is 0 Å². The predicted octanol–water partition coefficient (Wildman–Crippen LogP) is 4.32. The zero-order valence-electron chi connectivity index (χ0n) is 11.4. The quantitative estimate of drug-likeness (QED) is 0.780. The number of fused-ring (bicyclic) bond motifs is 1. The number of nitrogens with zero attached hydrogens (tertiary/aromatic N) is 1. The molecule has 2 aromatic heterocycles. The molecule has 0 aliphatic rings. The molecule has 1 aromatic carbocycles. The van der Waals surface area contributed by atoms with Crippen molar-refractivity contribution in [3.05, 3.63) is 64.9 Å². The minimum Gasteiger partial charge on any atom is -0.459 e. The summed E-state index contributed by atoms with van der Waals surface area (Å²) in [6, 6.07) is 8.59. The number of pyridine rings is 1. The van der Waals surface area contributed by atoms with Gasteiger partial charge >= 0.3 is 0 Å². The molecular weight excluding hydrogens is 291 g/mol. The molecule has 0 fully saturated rings. The van der Waals surface area contributed by atoms with Crippen LogP contribution in [0.15, 0.2) is 47.1 Å². The van der Waals surface area contributed by atoms with Crippen molar-refractivity contribution in [3.63, 3.8) is 0 Å². The zero-order chi connectivity index (χ0) is 14.8. The van der Waals surface area contributed by atoms with Crippen LogP contribution in [-0.2, 0) is 0 Å². The van der Waals surface area contributed by atoms with E-state index in [2.05, 4.69) is 10.3 Å². The van der Waals surface area contributed by atoms with Gasteiger partial charge in [-0.05, 0) is 36.9 Å². The molecule has 21 heavy (non-hydrogen) atoms. The van der Waals surface area contributed by atoms with Crippen LogP contribution < -0.4 is 5.32 Å². The van der Waals surface area contributed by atoms with Gasteiger partial charge < -0.3 is 9.73 Å². The molecule has 5 heteroatoms. The second-order valence-electron chi connectivity index (χ2n) is 4.72. The summed E-state index contributed by atoms with van der Waals surface area (Å²) in [5.74, 6) is 0.293. The molecule has 0 amide bonds. The first-order valence-electron chi connectivity index (χ1n) is 6.71. The van der Waals surface area contributed by atoms with Gasteiger partial charge in [-0.2, -0.15) is 0 Å². The smallest absolute Gasteiger partial charge is 0.146 e. The molecule has 0 spiro atoms. The van der Waals surface area contributed by atoms with Gasteiger partial charge in [0.05, 0.1) is 12.2 Å². The minimum atomic E-state index is -0.359. The van der Waals surface area contributed by atoms with E-state index in [1.165, 1.54) is 6.20 Å². The van der Waals surface area contributed by atoms with E-state index >= 15 is 0 Å². The van der Waals surface area contributed by atoms with E-state index in [-0.39, 0.29) is 11.9 Å². The van der Waals surface area contributed by atoms with Gasteiger partial charge in [0.25, 0.3) is 0 Å². The topological polar surface area (TPSA) is 38.1 Å². The van der Waals surface area contributed by atoms with Gasteiger partial charge in [0.1, 0.15) is 17.2 Å². The van der Waals surface area contributed by atoms with Crippen molar-refractivity contribution in [2.45, 2.75) is 13.0 Å². The number of furan rings is 1. The number of hydrogen-bond acceptors (Lipinski definition) is 3. The van der Waals surface area contributed by atoms with E-state index in [9.17, 15) is 4.39 Å². The number of hydrogen-bond donors (Lipinski definition) is 1. The Kier molecular flexibility index (Phi) is 3.90. The molecule has 3 rings (SSSR count). The SMILES string of the molecule is CCNC(c1cc2cc(Cl)ccc2o1)c1ccncc1F. The van der Waals surface area contributed by atoms with Crippen molar-refractivity contribution in [2.75, 3.05) is 6.54 Å². The van der Waals surface area contributed by atoms with E-state index in [0.29, 0.717) is 22.9 Å². The summed E-state index contributed by atoms with van der Waals surface area (Å²) in [4.78, 5) is 3.78. The molecule has 0 radical (unpaired) electrons. The van der Waals surface area contributed by atoms with Crippen LogP contribution >= 0.6 is 11.6 Å². The molecule has 0 saturated carbocycles. The maximum atomic E-state index is 14.0. The highest BCUT2D eigenvalue weighted by molar-refractivity contribution is 6.31. The number of rotatable bonds is 4. The first-order chi connectivity index (χ1) is 10.2.